The van der Waals surface area contributed by atoms with Gasteiger partial charge in [0, 0.05) is 18.2 Å². The Bertz CT molecular complexity index is 634. The zero-order chi connectivity index (χ0) is 15.9. The summed E-state index contributed by atoms with van der Waals surface area (Å²) in [5.41, 5.74) is 0.386. The molecule has 1 atom stereocenters. The van der Waals surface area contributed by atoms with Crippen molar-refractivity contribution in [1.82, 2.24) is 5.32 Å². The molecule has 0 amide bonds. The molecule has 0 aliphatic carbocycles. The minimum Gasteiger partial charge on any atom is -0.451 e. The molecule has 124 valence electrons. The fourth-order valence-electron chi connectivity index (χ4n) is 2.22. The van der Waals surface area contributed by atoms with Crippen LogP contribution in [0, 0.1) is 11.6 Å². The van der Waals surface area contributed by atoms with E-state index in [1.165, 1.54) is 12.1 Å². The van der Waals surface area contributed by atoms with Gasteiger partial charge in [-0.3, -0.25) is 0 Å². The van der Waals surface area contributed by atoms with E-state index in [2.05, 4.69) is 11.9 Å². The van der Waals surface area contributed by atoms with Crippen LogP contribution in [-0.4, -0.2) is 6.54 Å². The first kappa shape index (κ1) is 19.1. The van der Waals surface area contributed by atoms with E-state index in [0.717, 1.165) is 0 Å². The number of ether oxygens (including phenoxy) is 1. The minimum atomic E-state index is -0.719. The lowest BCUT2D eigenvalue weighted by Gasteiger charge is -2.19. The van der Waals surface area contributed by atoms with Gasteiger partial charge in [-0.2, -0.15) is 0 Å². The van der Waals surface area contributed by atoms with Gasteiger partial charge in [-0.25, -0.2) is 8.78 Å². The molecule has 2 rings (SSSR count). The summed E-state index contributed by atoms with van der Waals surface area (Å²) in [5.74, 6) is -1.37. The van der Waals surface area contributed by atoms with Crippen molar-refractivity contribution in [1.29, 1.82) is 0 Å². The molecule has 0 aromatic heterocycles. The second kappa shape index (κ2) is 9.28. The van der Waals surface area contributed by atoms with Crippen molar-refractivity contribution in [2.75, 3.05) is 6.54 Å². The zero-order valence-corrected chi connectivity index (χ0v) is 13.7. The molecule has 0 bridgehead atoms. The third kappa shape index (κ3) is 4.78. The monoisotopic (exact) mass is 339 g/mol. The summed E-state index contributed by atoms with van der Waals surface area (Å²) in [6.45, 7) is 6.11. The highest BCUT2D eigenvalue weighted by Gasteiger charge is 2.20. The van der Waals surface area contributed by atoms with Crippen molar-refractivity contribution >= 4 is 12.4 Å². The SMILES string of the molecule is C=CCN[C@@H](CC)c1ccc(F)c(Oc2ccccc2)c1F.Cl. The van der Waals surface area contributed by atoms with Crippen LogP contribution in [0.3, 0.4) is 0 Å². The highest BCUT2D eigenvalue weighted by atomic mass is 35.5. The van der Waals surface area contributed by atoms with Crippen molar-refractivity contribution in [2.45, 2.75) is 19.4 Å². The maximum atomic E-state index is 14.7. The molecule has 0 saturated heterocycles. The van der Waals surface area contributed by atoms with Crippen LogP contribution in [-0.2, 0) is 0 Å². The van der Waals surface area contributed by atoms with Crippen molar-refractivity contribution in [3.63, 3.8) is 0 Å². The molecular formula is C18H20ClF2NO. The Hall–Kier alpha value is -1.91. The maximum absolute atomic E-state index is 14.7. The lowest BCUT2D eigenvalue weighted by molar-refractivity contribution is 0.396. The van der Waals surface area contributed by atoms with Gasteiger partial charge >= 0.3 is 0 Å². The Balaban J connectivity index is 0.00000264. The number of halogens is 3. The van der Waals surface area contributed by atoms with Gasteiger partial charge in [-0.05, 0) is 24.6 Å². The molecule has 0 fully saturated rings. The summed E-state index contributed by atoms with van der Waals surface area (Å²) in [4.78, 5) is 0. The highest BCUT2D eigenvalue weighted by molar-refractivity contribution is 5.85. The smallest absolute Gasteiger partial charge is 0.198 e. The van der Waals surface area contributed by atoms with Gasteiger partial charge in [0.05, 0.1) is 0 Å². The Morgan fingerprint density at radius 2 is 1.87 bits per heavy atom. The summed E-state index contributed by atoms with van der Waals surface area (Å²) in [6.07, 6.45) is 2.37. The number of hydrogen-bond donors (Lipinski definition) is 1. The topological polar surface area (TPSA) is 21.3 Å². The van der Waals surface area contributed by atoms with Crippen molar-refractivity contribution in [3.8, 4) is 11.5 Å². The van der Waals surface area contributed by atoms with Gasteiger partial charge in [-0.15, -0.1) is 19.0 Å². The first-order valence-electron chi connectivity index (χ1n) is 7.22. The summed E-state index contributed by atoms with van der Waals surface area (Å²) in [7, 11) is 0. The number of nitrogens with one attached hydrogen (secondary N) is 1. The van der Waals surface area contributed by atoms with Crippen LogP contribution in [0.4, 0.5) is 8.78 Å². The van der Waals surface area contributed by atoms with Gasteiger partial charge in [-0.1, -0.05) is 37.3 Å². The van der Waals surface area contributed by atoms with Gasteiger partial charge in [0.25, 0.3) is 0 Å². The molecule has 0 radical (unpaired) electrons. The van der Waals surface area contributed by atoms with Crippen LogP contribution in [0.5, 0.6) is 11.5 Å². The first-order valence-corrected chi connectivity index (χ1v) is 7.22. The predicted octanol–water partition coefficient (Wildman–Crippen LogP) is 5.41. The number of rotatable bonds is 7. The molecule has 0 aliphatic heterocycles. The van der Waals surface area contributed by atoms with Crippen molar-refractivity contribution in [2.24, 2.45) is 0 Å². The molecule has 1 N–H and O–H groups in total. The minimum absolute atomic E-state index is 0. The lowest BCUT2D eigenvalue weighted by atomic mass is 10.0. The molecule has 2 aromatic carbocycles. The second-order valence-electron chi connectivity index (χ2n) is 4.85. The Labute approximate surface area is 141 Å². The molecule has 0 unspecified atom stereocenters. The molecule has 23 heavy (non-hydrogen) atoms. The second-order valence-corrected chi connectivity index (χ2v) is 4.85. The van der Waals surface area contributed by atoms with E-state index >= 15 is 0 Å². The third-order valence-electron chi connectivity index (χ3n) is 3.33. The quantitative estimate of drug-likeness (QED) is 0.681. The lowest BCUT2D eigenvalue weighted by Crippen LogP contribution is -2.22. The molecular weight excluding hydrogens is 320 g/mol. The van der Waals surface area contributed by atoms with E-state index in [1.54, 1.807) is 30.3 Å². The molecule has 0 heterocycles. The van der Waals surface area contributed by atoms with Crippen LogP contribution in [0.25, 0.3) is 0 Å². The normalized spacial score (nSPS) is 11.4. The van der Waals surface area contributed by atoms with Crippen LogP contribution in [0.15, 0.2) is 55.1 Å². The number of para-hydroxylation sites is 1. The number of benzene rings is 2. The average Bonchev–Trinajstić information content (AvgIpc) is 2.54. The largest absolute Gasteiger partial charge is 0.451 e. The average molecular weight is 340 g/mol. The van der Waals surface area contributed by atoms with Gasteiger partial charge in [0.15, 0.2) is 17.4 Å². The van der Waals surface area contributed by atoms with E-state index in [1.807, 2.05) is 13.0 Å². The van der Waals surface area contributed by atoms with Gasteiger partial charge in [0.2, 0.25) is 0 Å². The summed E-state index contributed by atoms with van der Waals surface area (Å²) in [5, 5.41) is 3.15. The molecule has 0 spiro atoms. The van der Waals surface area contributed by atoms with Crippen molar-refractivity contribution in [3.05, 3.63) is 72.3 Å². The fraction of sp³-hybridized carbons (Fsp3) is 0.222. The van der Waals surface area contributed by atoms with Gasteiger partial charge in [0.1, 0.15) is 5.75 Å². The Morgan fingerprint density at radius 1 is 1.17 bits per heavy atom. The molecule has 5 heteroatoms. The Kier molecular flexibility index (Phi) is 7.72. The molecule has 2 nitrogen and oxygen atoms in total. The van der Waals surface area contributed by atoms with E-state index in [4.69, 9.17) is 4.74 Å². The summed E-state index contributed by atoms with van der Waals surface area (Å²) < 4.78 is 34.0. The van der Waals surface area contributed by atoms with E-state index in [9.17, 15) is 8.78 Å². The van der Waals surface area contributed by atoms with Crippen LogP contribution in [0.1, 0.15) is 24.9 Å². The fourth-order valence-corrected chi connectivity index (χ4v) is 2.22. The van der Waals surface area contributed by atoms with E-state index in [-0.39, 0.29) is 24.2 Å². The van der Waals surface area contributed by atoms with Crippen molar-refractivity contribution < 1.29 is 13.5 Å². The summed E-state index contributed by atoms with van der Waals surface area (Å²) in [6, 6.07) is 11.1. The van der Waals surface area contributed by atoms with Gasteiger partial charge < -0.3 is 10.1 Å². The van der Waals surface area contributed by atoms with Crippen LogP contribution >= 0.6 is 12.4 Å². The summed E-state index contributed by atoms with van der Waals surface area (Å²) >= 11 is 0. The standard InChI is InChI=1S/C18H19F2NO.ClH/c1-3-12-21-16(4-2)14-10-11-15(19)18(17(14)20)22-13-8-6-5-7-9-13;/h3,5-11,16,21H,1,4,12H2,2H3;1H/t16-;/m0./s1. The first-order chi connectivity index (χ1) is 10.7. The molecule has 2 aromatic rings. The third-order valence-corrected chi connectivity index (χ3v) is 3.33. The molecule has 0 aliphatic rings. The zero-order valence-electron chi connectivity index (χ0n) is 12.9. The maximum Gasteiger partial charge on any atom is 0.198 e. The Morgan fingerprint density at radius 3 is 2.48 bits per heavy atom. The van der Waals surface area contributed by atoms with E-state index < -0.39 is 11.6 Å². The molecule has 0 saturated carbocycles. The predicted molar refractivity (Wildman–Crippen MR) is 91.4 cm³/mol. The highest BCUT2D eigenvalue weighted by Crippen LogP contribution is 2.32. The number of hydrogen-bond acceptors (Lipinski definition) is 2. The van der Waals surface area contributed by atoms with E-state index in [0.29, 0.717) is 24.3 Å². The van der Waals surface area contributed by atoms with Crippen LogP contribution in [0.2, 0.25) is 0 Å². The van der Waals surface area contributed by atoms with Crippen LogP contribution < -0.4 is 10.1 Å².